The Morgan fingerprint density at radius 3 is 0.836 bits per heavy atom. The number of rotatable bonds is 64. The molecule has 0 rings (SSSR count). The van der Waals surface area contributed by atoms with Crippen LogP contribution in [0.15, 0.2) is 0 Å². The molecule has 6 nitrogen and oxygen atoms in total. The fourth-order valence-electron chi connectivity index (χ4n) is 11.0. The van der Waals surface area contributed by atoms with Crippen LogP contribution >= 0.6 is 0 Å². The fourth-order valence-corrected chi connectivity index (χ4v) is 11.0. The van der Waals surface area contributed by atoms with E-state index in [0.717, 1.165) is 38.5 Å². The maximum atomic E-state index is 12.5. The van der Waals surface area contributed by atoms with Gasteiger partial charge >= 0.3 is 5.97 Å². The zero-order valence-electron chi connectivity index (χ0n) is 49.9. The molecule has 0 saturated heterocycles. The second-order valence-electron chi connectivity index (χ2n) is 23.5. The highest BCUT2D eigenvalue weighted by molar-refractivity contribution is 5.76. The number of ether oxygens (including phenoxy) is 1. The van der Waals surface area contributed by atoms with Crippen molar-refractivity contribution in [3.63, 3.8) is 0 Å². The Hall–Kier alpha value is -1.14. The van der Waals surface area contributed by atoms with Gasteiger partial charge in [0, 0.05) is 12.8 Å². The third-order valence-electron chi connectivity index (χ3n) is 16.2. The van der Waals surface area contributed by atoms with Crippen molar-refractivity contribution in [2.45, 2.75) is 405 Å². The van der Waals surface area contributed by atoms with Gasteiger partial charge in [-0.15, -0.1) is 0 Å². The SMILES string of the molecule is CCCCCCCCCCCCCCCCCCCCCC(O)C(CO)NC(=O)CCCCCCCCCCCCCCCCCCCCCOC(=O)CCCCCCCCCCCCCCCCCCCC. The normalized spacial score (nSPS) is 12.4. The van der Waals surface area contributed by atoms with Crippen molar-refractivity contribution in [2.75, 3.05) is 13.2 Å². The van der Waals surface area contributed by atoms with Crippen LogP contribution in [0.2, 0.25) is 0 Å². The van der Waals surface area contributed by atoms with Gasteiger partial charge in [0.25, 0.3) is 0 Å². The van der Waals surface area contributed by atoms with Gasteiger partial charge in [-0.05, 0) is 25.7 Å². The summed E-state index contributed by atoms with van der Waals surface area (Å²) in [5.74, 6) is -0.0179. The van der Waals surface area contributed by atoms with Crippen LogP contribution in [0.4, 0.5) is 0 Å². The van der Waals surface area contributed by atoms with Crippen LogP contribution in [-0.4, -0.2) is 47.4 Å². The van der Waals surface area contributed by atoms with Crippen LogP contribution < -0.4 is 5.32 Å². The van der Waals surface area contributed by atoms with Crippen molar-refractivity contribution >= 4 is 11.9 Å². The molecule has 0 aliphatic carbocycles. The summed E-state index contributed by atoms with van der Waals surface area (Å²) in [6, 6.07) is -0.543. The van der Waals surface area contributed by atoms with E-state index >= 15 is 0 Å². The Labute approximate surface area is 457 Å². The van der Waals surface area contributed by atoms with Crippen molar-refractivity contribution in [3.05, 3.63) is 0 Å². The molecule has 0 aliphatic heterocycles. The number of amides is 1. The van der Waals surface area contributed by atoms with Gasteiger partial charge < -0.3 is 20.3 Å². The topological polar surface area (TPSA) is 95.9 Å². The lowest BCUT2D eigenvalue weighted by atomic mass is 10.0. The van der Waals surface area contributed by atoms with Gasteiger partial charge in [-0.1, -0.05) is 354 Å². The van der Waals surface area contributed by atoms with E-state index in [1.807, 2.05) is 0 Å². The Kier molecular flexibility index (Phi) is 62.4. The number of hydrogen-bond donors (Lipinski definition) is 3. The van der Waals surface area contributed by atoms with E-state index in [0.29, 0.717) is 25.9 Å². The molecule has 6 heteroatoms. The molecule has 73 heavy (non-hydrogen) atoms. The molecule has 3 N–H and O–H groups in total. The molecule has 0 aromatic rings. The number of carbonyl (C=O) groups is 2. The van der Waals surface area contributed by atoms with Crippen LogP contribution in [0.3, 0.4) is 0 Å². The minimum atomic E-state index is -0.666. The Balaban J connectivity index is 3.37. The van der Waals surface area contributed by atoms with Gasteiger partial charge in [0.15, 0.2) is 0 Å². The maximum Gasteiger partial charge on any atom is 0.305 e. The zero-order valence-corrected chi connectivity index (χ0v) is 49.9. The van der Waals surface area contributed by atoms with Crippen molar-refractivity contribution in [2.24, 2.45) is 0 Å². The summed E-state index contributed by atoms with van der Waals surface area (Å²) < 4.78 is 5.51. The second-order valence-corrected chi connectivity index (χ2v) is 23.5. The molecule has 2 atom stereocenters. The number of carbonyl (C=O) groups excluding carboxylic acids is 2. The number of unbranched alkanes of at least 4 members (excludes halogenated alkanes) is 53. The average Bonchev–Trinajstić information content (AvgIpc) is 3.39. The Morgan fingerprint density at radius 2 is 0.562 bits per heavy atom. The van der Waals surface area contributed by atoms with Crippen LogP contribution in [0.25, 0.3) is 0 Å². The summed E-state index contributed by atoms with van der Waals surface area (Å²) in [6.07, 6.45) is 75.5. The largest absolute Gasteiger partial charge is 0.466 e. The van der Waals surface area contributed by atoms with Crippen molar-refractivity contribution < 1.29 is 24.5 Å². The third kappa shape index (κ3) is 60.0. The third-order valence-corrected chi connectivity index (χ3v) is 16.2. The molecule has 2 unspecified atom stereocenters. The molecule has 0 heterocycles. The van der Waals surface area contributed by atoms with Gasteiger partial charge in [0.1, 0.15) is 0 Å². The molecule has 0 bridgehead atoms. The molecular formula is C67H133NO5. The van der Waals surface area contributed by atoms with Gasteiger partial charge in [0.05, 0.1) is 25.4 Å². The predicted molar refractivity (Wildman–Crippen MR) is 320 cm³/mol. The van der Waals surface area contributed by atoms with E-state index in [9.17, 15) is 19.8 Å². The summed E-state index contributed by atoms with van der Waals surface area (Å²) in [5.41, 5.74) is 0. The van der Waals surface area contributed by atoms with Gasteiger partial charge in [0.2, 0.25) is 5.91 Å². The number of aliphatic hydroxyl groups is 2. The molecule has 0 fully saturated rings. The molecule has 0 aromatic carbocycles. The van der Waals surface area contributed by atoms with E-state index < -0.39 is 12.1 Å². The Morgan fingerprint density at radius 1 is 0.329 bits per heavy atom. The zero-order chi connectivity index (χ0) is 52.9. The molecule has 0 saturated carbocycles. The van der Waals surface area contributed by atoms with Crippen LogP contribution in [0.5, 0.6) is 0 Å². The first-order chi connectivity index (χ1) is 36.0. The first kappa shape index (κ1) is 71.9. The molecule has 436 valence electrons. The Bertz CT molecular complexity index is 1050. The highest BCUT2D eigenvalue weighted by Crippen LogP contribution is 2.19. The summed E-state index contributed by atoms with van der Waals surface area (Å²) in [7, 11) is 0. The maximum absolute atomic E-state index is 12.5. The number of aliphatic hydroxyl groups excluding tert-OH is 2. The number of esters is 1. The first-order valence-electron chi connectivity index (χ1n) is 33.8. The lowest BCUT2D eigenvalue weighted by Crippen LogP contribution is -2.45. The van der Waals surface area contributed by atoms with E-state index in [4.69, 9.17) is 4.74 Å². The second kappa shape index (κ2) is 63.4. The highest BCUT2D eigenvalue weighted by atomic mass is 16.5. The van der Waals surface area contributed by atoms with E-state index in [1.165, 1.54) is 321 Å². The number of hydrogen-bond acceptors (Lipinski definition) is 5. The van der Waals surface area contributed by atoms with Crippen LogP contribution in [-0.2, 0) is 14.3 Å². The van der Waals surface area contributed by atoms with Gasteiger partial charge in [-0.3, -0.25) is 9.59 Å². The minimum absolute atomic E-state index is 0.0150. The summed E-state index contributed by atoms with van der Waals surface area (Å²) in [4.78, 5) is 24.6. The van der Waals surface area contributed by atoms with Crippen LogP contribution in [0, 0.1) is 0 Å². The van der Waals surface area contributed by atoms with Gasteiger partial charge in [-0.25, -0.2) is 0 Å². The van der Waals surface area contributed by atoms with E-state index in [2.05, 4.69) is 19.2 Å². The van der Waals surface area contributed by atoms with E-state index in [1.54, 1.807) is 0 Å². The molecular weight excluding hydrogens is 899 g/mol. The summed E-state index contributed by atoms with van der Waals surface area (Å²) >= 11 is 0. The molecule has 0 spiro atoms. The average molecular weight is 1030 g/mol. The summed E-state index contributed by atoms with van der Waals surface area (Å²) in [6.45, 7) is 5.00. The van der Waals surface area contributed by atoms with E-state index in [-0.39, 0.29) is 18.5 Å². The summed E-state index contributed by atoms with van der Waals surface area (Å²) in [5, 5.41) is 23.4. The quantitative estimate of drug-likeness (QED) is 0.0417. The first-order valence-corrected chi connectivity index (χ1v) is 33.8. The monoisotopic (exact) mass is 1030 g/mol. The lowest BCUT2D eigenvalue weighted by molar-refractivity contribution is -0.143. The molecule has 0 aliphatic rings. The van der Waals surface area contributed by atoms with Crippen molar-refractivity contribution in [1.29, 1.82) is 0 Å². The van der Waals surface area contributed by atoms with Crippen molar-refractivity contribution in [1.82, 2.24) is 5.32 Å². The lowest BCUT2D eigenvalue weighted by Gasteiger charge is -2.22. The van der Waals surface area contributed by atoms with Gasteiger partial charge in [-0.2, -0.15) is 0 Å². The predicted octanol–water partition coefficient (Wildman–Crippen LogP) is 21.4. The molecule has 1 amide bonds. The van der Waals surface area contributed by atoms with Crippen molar-refractivity contribution in [3.8, 4) is 0 Å². The number of nitrogens with one attached hydrogen (secondary N) is 1. The van der Waals surface area contributed by atoms with Crippen LogP contribution in [0.1, 0.15) is 393 Å². The standard InChI is InChI=1S/C67H133NO5/c1-3-5-7-9-11-13-15-17-19-21-24-27-31-35-39-43-47-51-55-59-65(70)64(63-69)68-66(71)60-56-52-48-44-40-36-32-28-25-23-26-30-34-38-42-46-50-54-58-62-73-67(72)61-57-53-49-45-41-37-33-29-22-20-18-16-14-12-10-8-6-4-2/h64-65,69-70H,3-63H2,1-2H3,(H,68,71). The molecule has 0 radical (unpaired) electrons. The molecule has 0 aromatic heterocycles. The smallest absolute Gasteiger partial charge is 0.305 e. The highest BCUT2D eigenvalue weighted by Gasteiger charge is 2.20. The fraction of sp³-hybridized carbons (Fsp3) is 0.970. The minimum Gasteiger partial charge on any atom is -0.466 e.